The summed E-state index contributed by atoms with van der Waals surface area (Å²) >= 11 is 0. The third-order valence-electron chi connectivity index (χ3n) is 17.7. The summed E-state index contributed by atoms with van der Waals surface area (Å²) in [6.45, 7) is 4.82. The first kappa shape index (κ1) is 98.5. The van der Waals surface area contributed by atoms with Crippen LogP contribution in [0.25, 0.3) is 0 Å². The zero-order valence-electron chi connectivity index (χ0n) is 65.0. The molecule has 3 N–H and O–H groups in total. The summed E-state index contributed by atoms with van der Waals surface area (Å²) in [6, 6.07) is 0. The number of esters is 4. The lowest BCUT2D eigenvalue weighted by Crippen LogP contribution is -2.30. The standard InChI is InChI=1S/C83H150O17P2/c1-5-9-13-17-21-25-29-33-36-38-41-44-48-52-56-60-64-68-81(86)94-74-79(99-82(87)69-65-61-57-53-49-45-40-35-31-27-23-19-15-11-7-3)76-98-102(91,92)96-72-77(84)71-95-101(89,90)97-75-78(73-93-80(85)67-63-59-55-51-47-43-32-28-24-20-16-12-8-4)100-83(88)70-66-62-58-54-50-46-42-39-37-34-30-26-22-18-14-10-6-2/h21,23,25,27,33,35-36,40-41,44,52,56,77-79,84H,5-20,22,24,26,28-32,34,37-39,42-43,45-51,53-55,57-76H2,1-4H3,(H,89,90)(H,91,92)/b25-21-,27-23-,36-33-,40-35-,44-41-,56-52-/t77-,78+,79+/m0/s1. The Morgan fingerprint density at radius 3 is 0.794 bits per heavy atom. The van der Waals surface area contributed by atoms with Gasteiger partial charge in [0, 0.05) is 25.7 Å². The van der Waals surface area contributed by atoms with Crippen molar-refractivity contribution in [3.8, 4) is 0 Å². The summed E-state index contributed by atoms with van der Waals surface area (Å²) < 4.78 is 68.6. The number of rotatable bonds is 78. The number of hydrogen-bond donors (Lipinski definition) is 3. The van der Waals surface area contributed by atoms with Crippen LogP contribution in [0.15, 0.2) is 72.9 Å². The van der Waals surface area contributed by atoms with Crippen molar-refractivity contribution in [2.75, 3.05) is 39.6 Å². The molecule has 594 valence electrons. The third kappa shape index (κ3) is 74.8. The molecule has 0 aliphatic carbocycles. The Hall–Kier alpha value is -3.50. The van der Waals surface area contributed by atoms with E-state index in [1.54, 1.807) is 0 Å². The maximum absolute atomic E-state index is 13.1. The number of carbonyl (C=O) groups is 4. The predicted octanol–water partition coefficient (Wildman–Crippen LogP) is 24.0. The molecular weight excluding hydrogens is 1330 g/mol. The monoisotopic (exact) mass is 1480 g/mol. The molecule has 19 heteroatoms. The van der Waals surface area contributed by atoms with Gasteiger partial charge in [-0.15, -0.1) is 0 Å². The van der Waals surface area contributed by atoms with Crippen molar-refractivity contribution >= 4 is 39.5 Å². The summed E-state index contributed by atoms with van der Waals surface area (Å²) in [5.74, 6) is -2.22. The summed E-state index contributed by atoms with van der Waals surface area (Å²) in [6.07, 6.45) is 77.3. The molecule has 0 aliphatic rings. The van der Waals surface area contributed by atoms with Gasteiger partial charge in [0.1, 0.15) is 19.3 Å². The largest absolute Gasteiger partial charge is 0.472 e. The lowest BCUT2D eigenvalue weighted by molar-refractivity contribution is -0.161. The van der Waals surface area contributed by atoms with Crippen molar-refractivity contribution in [2.24, 2.45) is 0 Å². The van der Waals surface area contributed by atoms with E-state index in [2.05, 4.69) is 88.5 Å². The average molecular weight is 1480 g/mol. The number of aliphatic hydroxyl groups is 1. The molecule has 0 fully saturated rings. The number of hydrogen-bond acceptors (Lipinski definition) is 15. The Kier molecular flexibility index (Phi) is 73.1. The lowest BCUT2D eigenvalue weighted by atomic mass is 10.0. The van der Waals surface area contributed by atoms with Crippen LogP contribution in [0.1, 0.15) is 374 Å². The zero-order chi connectivity index (χ0) is 74.6. The average Bonchev–Trinajstić information content (AvgIpc) is 0.951. The van der Waals surface area contributed by atoms with Crippen molar-refractivity contribution < 1.29 is 80.2 Å². The third-order valence-corrected chi connectivity index (χ3v) is 19.6. The van der Waals surface area contributed by atoms with Crippen molar-refractivity contribution in [1.29, 1.82) is 0 Å². The van der Waals surface area contributed by atoms with Crippen molar-refractivity contribution in [2.45, 2.75) is 393 Å². The number of carbonyl (C=O) groups excluding carboxylic acids is 4. The van der Waals surface area contributed by atoms with Crippen LogP contribution in [0, 0.1) is 0 Å². The molecule has 5 atom stereocenters. The summed E-state index contributed by atoms with van der Waals surface area (Å²) in [5.41, 5.74) is 0. The van der Waals surface area contributed by atoms with Crippen molar-refractivity contribution in [1.82, 2.24) is 0 Å². The van der Waals surface area contributed by atoms with Gasteiger partial charge >= 0.3 is 39.5 Å². The van der Waals surface area contributed by atoms with Gasteiger partial charge in [-0.2, -0.15) is 0 Å². The SMILES string of the molecule is CCCCC/C=C\C/C=C\C/C=C\C/C=C\CCCC(=O)OC[C@H](COP(=O)(O)OC[C@@H](O)COP(=O)(O)OC[C@@H](COC(=O)CCCCCCCCCCCCCCC)OC(=O)CCCCCCCCCCCCCCCCCCC)OC(=O)CCCCCCC/C=C\C/C=C\CCCCC. The highest BCUT2D eigenvalue weighted by Gasteiger charge is 2.30. The molecule has 0 aromatic carbocycles. The number of ether oxygens (including phenoxy) is 4. The fourth-order valence-corrected chi connectivity index (χ4v) is 12.9. The van der Waals surface area contributed by atoms with E-state index in [0.717, 1.165) is 116 Å². The van der Waals surface area contributed by atoms with Crippen LogP contribution in [0.5, 0.6) is 0 Å². The van der Waals surface area contributed by atoms with Gasteiger partial charge in [0.05, 0.1) is 26.4 Å². The van der Waals surface area contributed by atoms with Gasteiger partial charge in [0.2, 0.25) is 0 Å². The minimum absolute atomic E-state index is 0.0698. The van der Waals surface area contributed by atoms with Gasteiger partial charge in [0.15, 0.2) is 12.2 Å². The quantitative estimate of drug-likeness (QED) is 0.0169. The second kappa shape index (κ2) is 75.7. The van der Waals surface area contributed by atoms with Gasteiger partial charge in [-0.1, -0.05) is 325 Å². The smallest absolute Gasteiger partial charge is 0.462 e. The van der Waals surface area contributed by atoms with E-state index in [0.29, 0.717) is 32.1 Å². The van der Waals surface area contributed by atoms with Gasteiger partial charge < -0.3 is 33.8 Å². The first-order valence-electron chi connectivity index (χ1n) is 41.2. The van der Waals surface area contributed by atoms with Crippen LogP contribution < -0.4 is 0 Å². The second-order valence-corrected chi connectivity index (χ2v) is 30.6. The van der Waals surface area contributed by atoms with E-state index >= 15 is 0 Å². The minimum atomic E-state index is -4.99. The molecule has 102 heavy (non-hydrogen) atoms. The molecule has 0 saturated carbocycles. The number of phosphoric acid groups is 2. The first-order chi connectivity index (χ1) is 49.7. The lowest BCUT2D eigenvalue weighted by Gasteiger charge is -2.21. The molecule has 0 spiro atoms. The Morgan fingerprint density at radius 2 is 0.490 bits per heavy atom. The second-order valence-electron chi connectivity index (χ2n) is 27.7. The molecule has 0 saturated heterocycles. The molecule has 0 aliphatic heterocycles. The number of unbranched alkanes of at least 4 members (excludes halogenated alkanes) is 40. The molecule has 2 unspecified atom stereocenters. The van der Waals surface area contributed by atoms with E-state index in [9.17, 15) is 43.2 Å². The van der Waals surface area contributed by atoms with E-state index in [-0.39, 0.29) is 25.7 Å². The number of phosphoric ester groups is 2. The van der Waals surface area contributed by atoms with Gasteiger partial charge in [-0.25, -0.2) is 9.13 Å². The van der Waals surface area contributed by atoms with Crippen LogP contribution in [-0.2, 0) is 65.4 Å². The predicted molar refractivity (Wildman–Crippen MR) is 418 cm³/mol. The van der Waals surface area contributed by atoms with E-state index in [4.69, 9.17) is 37.0 Å². The fraction of sp³-hybridized carbons (Fsp3) is 0.807. The molecule has 0 radical (unpaired) electrons. The van der Waals surface area contributed by atoms with Crippen molar-refractivity contribution in [3.63, 3.8) is 0 Å². The summed E-state index contributed by atoms with van der Waals surface area (Å²) in [5, 5.41) is 10.6. The maximum atomic E-state index is 13.1. The number of allylic oxidation sites excluding steroid dienone is 12. The fourth-order valence-electron chi connectivity index (χ4n) is 11.4. The molecule has 0 aromatic heterocycles. The first-order valence-corrected chi connectivity index (χ1v) is 44.2. The Balaban J connectivity index is 5.37. The Labute approximate surface area is 622 Å². The number of aliphatic hydroxyl groups excluding tert-OH is 1. The molecule has 0 rings (SSSR count). The minimum Gasteiger partial charge on any atom is -0.462 e. The van der Waals surface area contributed by atoms with E-state index in [1.165, 1.54) is 173 Å². The molecule has 17 nitrogen and oxygen atoms in total. The highest BCUT2D eigenvalue weighted by atomic mass is 31.2. The normalized spacial score (nSPS) is 14.2. The Bertz CT molecular complexity index is 2210. The van der Waals surface area contributed by atoms with Crippen LogP contribution in [0.3, 0.4) is 0 Å². The zero-order valence-corrected chi connectivity index (χ0v) is 66.8. The van der Waals surface area contributed by atoms with Crippen LogP contribution in [-0.4, -0.2) is 96.7 Å². The topological polar surface area (TPSA) is 237 Å². The molecular formula is C83H150O17P2. The van der Waals surface area contributed by atoms with Crippen LogP contribution >= 0.6 is 15.6 Å². The van der Waals surface area contributed by atoms with Gasteiger partial charge in [0.25, 0.3) is 0 Å². The van der Waals surface area contributed by atoms with Crippen LogP contribution in [0.4, 0.5) is 0 Å². The van der Waals surface area contributed by atoms with Gasteiger partial charge in [-0.05, 0) is 96.3 Å². The maximum Gasteiger partial charge on any atom is 0.472 e. The molecule has 0 bridgehead atoms. The Morgan fingerprint density at radius 1 is 0.275 bits per heavy atom. The molecule has 0 heterocycles. The molecule has 0 amide bonds. The highest BCUT2D eigenvalue weighted by molar-refractivity contribution is 7.47. The highest BCUT2D eigenvalue weighted by Crippen LogP contribution is 2.45. The van der Waals surface area contributed by atoms with Crippen molar-refractivity contribution in [3.05, 3.63) is 72.9 Å². The van der Waals surface area contributed by atoms with Crippen LogP contribution in [0.2, 0.25) is 0 Å². The van der Waals surface area contributed by atoms with Gasteiger partial charge in [-0.3, -0.25) is 37.3 Å². The van der Waals surface area contributed by atoms with E-state index < -0.39 is 97.5 Å². The molecule has 0 aromatic rings. The summed E-state index contributed by atoms with van der Waals surface area (Å²) in [7, 11) is -9.96. The van der Waals surface area contributed by atoms with E-state index in [1.807, 2.05) is 12.2 Å². The summed E-state index contributed by atoms with van der Waals surface area (Å²) in [4.78, 5) is 73.0.